The molecule has 0 aliphatic carbocycles. The lowest BCUT2D eigenvalue weighted by atomic mass is 9.84. The van der Waals surface area contributed by atoms with Gasteiger partial charge in [-0.05, 0) is 28.9 Å². The lowest BCUT2D eigenvalue weighted by Gasteiger charge is -2.35. The zero-order valence-electron chi connectivity index (χ0n) is 16.0. The first-order valence-corrected chi connectivity index (χ1v) is 10.3. The fourth-order valence-electron chi connectivity index (χ4n) is 3.30. The minimum absolute atomic E-state index is 0.314. The number of thioether (sulfide) groups is 1. The Bertz CT molecular complexity index is 793. The Balaban J connectivity index is 2.01. The summed E-state index contributed by atoms with van der Waals surface area (Å²) in [5.74, 6) is 0.553. The van der Waals surface area contributed by atoms with Crippen molar-refractivity contribution in [2.24, 2.45) is 0 Å². The van der Waals surface area contributed by atoms with Crippen LogP contribution in [-0.2, 0) is 14.3 Å². The zero-order chi connectivity index (χ0) is 19.7. The van der Waals surface area contributed by atoms with Gasteiger partial charge in [0.25, 0.3) is 0 Å². The number of hydrogen-bond acceptors (Lipinski definition) is 3. The molecule has 0 fully saturated rings. The van der Waals surface area contributed by atoms with E-state index in [2.05, 4.69) is 77.5 Å². The Hall–Kier alpha value is -2.78. The standard InChI is InChI=1S/C25H24O2S/c1-27-24(26)19-11-12-20-28-25(21-13-5-2-6-14-21,22-15-7-3-8-16-22)23-17-9-4-10-18-23/h2-11,13-19H,12,20H2,1H3. The highest BCUT2D eigenvalue weighted by molar-refractivity contribution is 8.00. The quantitative estimate of drug-likeness (QED) is 0.210. The van der Waals surface area contributed by atoms with Crippen molar-refractivity contribution >= 4 is 17.7 Å². The molecule has 3 aromatic rings. The normalized spacial score (nSPS) is 11.5. The first-order chi connectivity index (χ1) is 13.8. The van der Waals surface area contributed by atoms with Gasteiger partial charge in [0.15, 0.2) is 0 Å². The molecule has 0 unspecified atom stereocenters. The highest BCUT2D eigenvalue weighted by Crippen LogP contribution is 2.48. The summed E-state index contributed by atoms with van der Waals surface area (Å²) in [6.07, 6.45) is 4.16. The average molecular weight is 389 g/mol. The van der Waals surface area contributed by atoms with E-state index in [1.807, 2.05) is 36.0 Å². The molecule has 3 aromatic carbocycles. The van der Waals surface area contributed by atoms with Crippen LogP contribution in [0, 0.1) is 0 Å². The van der Waals surface area contributed by atoms with Gasteiger partial charge in [0.2, 0.25) is 0 Å². The van der Waals surface area contributed by atoms with Crippen LogP contribution >= 0.6 is 11.8 Å². The molecule has 142 valence electrons. The predicted octanol–water partition coefficient (Wildman–Crippen LogP) is 5.83. The number of carbonyl (C=O) groups is 1. The molecule has 0 aromatic heterocycles. The number of allylic oxidation sites excluding steroid dienone is 1. The summed E-state index contributed by atoms with van der Waals surface area (Å²) in [5.41, 5.74) is 3.73. The second-order valence-corrected chi connectivity index (χ2v) is 7.65. The van der Waals surface area contributed by atoms with Crippen LogP contribution in [0.25, 0.3) is 0 Å². The highest BCUT2D eigenvalue weighted by Gasteiger charge is 2.36. The van der Waals surface area contributed by atoms with Crippen LogP contribution in [0.3, 0.4) is 0 Å². The number of hydrogen-bond donors (Lipinski definition) is 0. The predicted molar refractivity (Wildman–Crippen MR) is 117 cm³/mol. The lowest BCUT2D eigenvalue weighted by Crippen LogP contribution is -2.26. The Labute approximate surface area is 171 Å². The average Bonchev–Trinajstić information content (AvgIpc) is 2.78. The van der Waals surface area contributed by atoms with Crippen molar-refractivity contribution in [3.8, 4) is 0 Å². The maximum atomic E-state index is 11.3. The maximum Gasteiger partial charge on any atom is 0.330 e. The van der Waals surface area contributed by atoms with E-state index in [9.17, 15) is 4.79 Å². The molecule has 0 spiro atoms. The molecule has 2 nitrogen and oxygen atoms in total. The molecule has 0 N–H and O–H groups in total. The van der Waals surface area contributed by atoms with Crippen LogP contribution in [0.4, 0.5) is 0 Å². The third kappa shape index (κ3) is 4.55. The van der Waals surface area contributed by atoms with Gasteiger partial charge in [0.1, 0.15) is 0 Å². The summed E-state index contributed by atoms with van der Waals surface area (Å²) < 4.78 is 4.36. The minimum Gasteiger partial charge on any atom is -0.466 e. The van der Waals surface area contributed by atoms with E-state index in [1.165, 1.54) is 29.9 Å². The fraction of sp³-hybridized carbons (Fsp3) is 0.160. The van der Waals surface area contributed by atoms with Crippen molar-refractivity contribution in [1.29, 1.82) is 0 Å². The van der Waals surface area contributed by atoms with Crippen molar-refractivity contribution in [2.75, 3.05) is 12.9 Å². The van der Waals surface area contributed by atoms with Crippen LogP contribution in [0.15, 0.2) is 103 Å². The molecule has 28 heavy (non-hydrogen) atoms. The molecule has 3 heteroatoms. The van der Waals surface area contributed by atoms with Crippen molar-refractivity contribution in [2.45, 2.75) is 11.2 Å². The molecular weight excluding hydrogens is 364 g/mol. The Kier molecular flexibility index (Phi) is 7.10. The van der Waals surface area contributed by atoms with E-state index in [1.54, 1.807) is 0 Å². The molecule has 0 radical (unpaired) electrons. The molecular formula is C25H24O2S. The molecule has 0 aliphatic rings. The maximum absolute atomic E-state index is 11.3. The number of methoxy groups -OCH3 is 1. The molecule has 0 heterocycles. The third-order valence-electron chi connectivity index (χ3n) is 4.60. The molecule has 0 saturated heterocycles. The minimum atomic E-state index is -0.317. The topological polar surface area (TPSA) is 26.3 Å². The lowest BCUT2D eigenvalue weighted by molar-refractivity contribution is -0.134. The van der Waals surface area contributed by atoms with Gasteiger partial charge < -0.3 is 4.74 Å². The van der Waals surface area contributed by atoms with Crippen LogP contribution < -0.4 is 0 Å². The number of esters is 1. The molecule has 0 saturated carbocycles. The van der Waals surface area contributed by atoms with E-state index in [-0.39, 0.29) is 10.7 Å². The van der Waals surface area contributed by atoms with E-state index in [0.29, 0.717) is 0 Å². The van der Waals surface area contributed by atoms with Crippen molar-refractivity contribution < 1.29 is 9.53 Å². The SMILES string of the molecule is COC(=O)C=CCCSC(c1ccccc1)(c1ccccc1)c1ccccc1. The summed E-state index contributed by atoms with van der Waals surface area (Å²) in [5, 5.41) is 0. The summed E-state index contributed by atoms with van der Waals surface area (Å²) >= 11 is 1.88. The van der Waals surface area contributed by atoms with Gasteiger partial charge in [-0.3, -0.25) is 0 Å². The Morgan fingerprint density at radius 2 is 1.25 bits per heavy atom. The van der Waals surface area contributed by atoms with E-state index in [4.69, 9.17) is 0 Å². The molecule has 0 aliphatic heterocycles. The molecule has 3 rings (SSSR count). The second-order valence-electron chi connectivity index (χ2n) is 6.34. The summed E-state index contributed by atoms with van der Waals surface area (Å²) in [6, 6.07) is 31.8. The number of carbonyl (C=O) groups excluding carboxylic acids is 1. The second kappa shape index (κ2) is 9.95. The summed E-state index contributed by atoms with van der Waals surface area (Å²) in [6.45, 7) is 0. The summed E-state index contributed by atoms with van der Waals surface area (Å²) in [4.78, 5) is 11.3. The van der Waals surface area contributed by atoms with E-state index in [0.717, 1.165) is 12.2 Å². The number of benzene rings is 3. The van der Waals surface area contributed by atoms with Gasteiger partial charge in [-0.15, -0.1) is 11.8 Å². The third-order valence-corrected chi connectivity index (χ3v) is 6.18. The van der Waals surface area contributed by atoms with Gasteiger partial charge in [0.05, 0.1) is 11.9 Å². The smallest absolute Gasteiger partial charge is 0.330 e. The van der Waals surface area contributed by atoms with Crippen molar-refractivity contribution in [1.82, 2.24) is 0 Å². The molecule has 0 atom stereocenters. The van der Waals surface area contributed by atoms with Gasteiger partial charge >= 0.3 is 5.97 Å². The van der Waals surface area contributed by atoms with Crippen molar-refractivity contribution in [3.63, 3.8) is 0 Å². The number of rotatable bonds is 8. The summed E-state index contributed by atoms with van der Waals surface area (Å²) in [7, 11) is 1.40. The van der Waals surface area contributed by atoms with Gasteiger partial charge in [-0.25, -0.2) is 4.79 Å². The molecule has 0 amide bonds. The monoisotopic (exact) mass is 388 g/mol. The highest BCUT2D eigenvalue weighted by atomic mass is 32.2. The Morgan fingerprint density at radius 3 is 1.64 bits per heavy atom. The van der Waals surface area contributed by atoms with E-state index < -0.39 is 0 Å². The van der Waals surface area contributed by atoms with Crippen molar-refractivity contribution in [3.05, 3.63) is 120 Å². The van der Waals surface area contributed by atoms with Gasteiger partial charge in [-0.1, -0.05) is 97.1 Å². The fourth-order valence-corrected chi connectivity index (χ4v) is 4.76. The first-order valence-electron chi connectivity index (χ1n) is 9.32. The number of ether oxygens (including phenoxy) is 1. The van der Waals surface area contributed by atoms with Crippen LogP contribution in [0.1, 0.15) is 23.1 Å². The largest absolute Gasteiger partial charge is 0.466 e. The van der Waals surface area contributed by atoms with Crippen LogP contribution in [0.5, 0.6) is 0 Å². The van der Waals surface area contributed by atoms with Crippen LogP contribution in [-0.4, -0.2) is 18.8 Å². The Morgan fingerprint density at radius 1 is 0.821 bits per heavy atom. The zero-order valence-corrected chi connectivity index (χ0v) is 16.8. The van der Waals surface area contributed by atoms with E-state index >= 15 is 0 Å². The van der Waals surface area contributed by atoms with Gasteiger partial charge in [0, 0.05) is 6.08 Å². The first kappa shape index (κ1) is 20.0. The molecule has 0 bridgehead atoms. The van der Waals surface area contributed by atoms with Gasteiger partial charge in [-0.2, -0.15) is 0 Å². The van der Waals surface area contributed by atoms with Crippen LogP contribution in [0.2, 0.25) is 0 Å².